The third kappa shape index (κ3) is 6.37. The summed E-state index contributed by atoms with van der Waals surface area (Å²) in [6.07, 6.45) is 3.78. The lowest BCUT2D eigenvalue weighted by Gasteiger charge is -2.09. The van der Waals surface area contributed by atoms with Gasteiger partial charge in [0.2, 0.25) is 10.0 Å². The number of rotatable bonds is 12. The summed E-state index contributed by atoms with van der Waals surface area (Å²) < 4.78 is 34.8. The number of ether oxygens (including phenoxy) is 1. The van der Waals surface area contributed by atoms with E-state index in [0.29, 0.717) is 23.4 Å². The second kappa shape index (κ2) is 11.7. The molecule has 2 aromatic carbocycles. The average molecular weight is 490 g/mol. The average Bonchev–Trinajstić information content (AvgIpc) is 3.17. The summed E-state index contributed by atoms with van der Waals surface area (Å²) in [7, 11) is -2.19. The number of thioether (sulfide) groups is 1. The van der Waals surface area contributed by atoms with Crippen LogP contribution in [0.3, 0.4) is 0 Å². The Morgan fingerprint density at radius 2 is 1.82 bits per heavy atom. The van der Waals surface area contributed by atoms with Crippen LogP contribution in [0.5, 0.6) is 0 Å². The molecule has 0 radical (unpaired) electrons. The molecule has 0 bridgehead atoms. The smallest absolute Gasteiger partial charge is 0.337 e. The zero-order valence-corrected chi connectivity index (χ0v) is 21.0. The van der Waals surface area contributed by atoms with Crippen molar-refractivity contribution in [1.82, 2.24) is 14.3 Å². The largest absolute Gasteiger partial charge is 0.465 e. The predicted molar refractivity (Wildman–Crippen MR) is 132 cm³/mol. The van der Waals surface area contributed by atoms with Crippen LogP contribution in [-0.2, 0) is 27.1 Å². The van der Waals surface area contributed by atoms with Crippen LogP contribution in [0.2, 0.25) is 0 Å². The Balaban J connectivity index is 1.84. The fraction of sp³-hybridized carbons (Fsp3) is 0.417. The normalized spacial score (nSPS) is 11.7. The Morgan fingerprint density at radius 3 is 2.48 bits per heavy atom. The molecule has 0 amide bonds. The highest BCUT2D eigenvalue weighted by Gasteiger charge is 2.18. The van der Waals surface area contributed by atoms with Crippen LogP contribution in [-0.4, -0.2) is 37.6 Å². The van der Waals surface area contributed by atoms with Gasteiger partial charge in [0.1, 0.15) is 0 Å². The van der Waals surface area contributed by atoms with Crippen molar-refractivity contribution in [2.75, 3.05) is 13.7 Å². The van der Waals surface area contributed by atoms with Gasteiger partial charge < -0.3 is 9.30 Å². The van der Waals surface area contributed by atoms with Crippen molar-refractivity contribution in [3.63, 3.8) is 0 Å². The van der Waals surface area contributed by atoms with Crippen LogP contribution in [0.1, 0.15) is 55.5 Å². The first-order valence-electron chi connectivity index (χ1n) is 11.2. The van der Waals surface area contributed by atoms with E-state index in [1.807, 2.05) is 25.1 Å². The highest BCUT2D eigenvalue weighted by molar-refractivity contribution is 7.98. The number of aryl methyl sites for hydroxylation is 1. The molecule has 1 heterocycles. The van der Waals surface area contributed by atoms with Crippen molar-refractivity contribution < 1.29 is 17.9 Å². The Hall–Kier alpha value is -2.36. The monoisotopic (exact) mass is 489 g/mol. The minimum atomic E-state index is -3.56. The lowest BCUT2D eigenvalue weighted by Crippen LogP contribution is -2.24. The molecule has 178 valence electrons. The maximum absolute atomic E-state index is 12.6. The van der Waals surface area contributed by atoms with Gasteiger partial charge in [-0.05, 0) is 48.7 Å². The molecule has 0 atom stereocenters. The maximum Gasteiger partial charge on any atom is 0.337 e. The summed E-state index contributed by atoms with van der Waals surface area (Å²) in [5.41, 5.74) is 3.18. The zero-order chi connectivity index (χ0) is 23.8. The van der Waals surface area contributed by atoms with Crippen LogP contribution in [0, 0.1) is 0 Å². The number of carbonyl (C=O) groups is 1. The number of methoxy groups -OCH3 is 1. The number of hydrogen-bond acceptors (Lipinski definition) is 6. The van der Waals surface area contributed by atoms with Crippen molar-refractivity contribution >= 4 is 38.8 Å². The molecule has 7 nitrogen and oxygen atoms in total. The summed E-state index contributed by atoms with van der Waals surface area (Å²) in [4.78, 5) is 16.6. The van der Waals surface area contributed by atoms with Crippen LogP contribution in [0.25, 0.3) is 11.0 Å². The van der Waals surface area contributed by atoms with E-state index in [1.54, 1.807) is 36.0 Å². The Bertz CT molecular complexity index is 1190. The highest BCUT2D eigenvalue weighted by Crippen LogP contribution is 2.29. The number of benzene rings is 2. The topological polar surface area (TPSA) is 90.3 Å². The molecular formula is C24H31N3O4S2. The van der Waals surface area contributed by atoms with Crippen LogP contribution in [0.4, 0.5) is 0 Å². The SMILES string of the molecule is CCCCNS(=O)(=O)c1ccc2c(c1)nc(SCc1ccc(C(=O)OC)cc1)n2CCCC. The Labute approximate surface area is 200 Å². The van der Waals surface area contributed by atoms with E-state index >= 15 is 0 Å². The summed E-state index contributed by atoms with van der Waals surface area (Å²) in [5, 5.41) is 0.851. The number of carbonyl (C=O) groups excluding carboxylic acids is 1. The van der Waals surface area contributed by atoms with Crippen molar-refractivity contribution in [3.05, 3.63) is 53.6 Å². The molecule has 0 aliphatic rings. The molecule has 0 aliphatic carbocycles. The van der Waals surface area contributed by atoms with E-state index in [1.165, 1.54) is 7.11 Å². The maximum atomic E-state index is 12.6. The number of aromatic nitrogens is 2. The van der Waals surface area contributed by atoms with Gasteiger partial charge in [0, 0.05) is 18.8 Å². The van der Waals surface area contributed by atoms with E-state index in [9.17, 15) is 13.2 Å². The van der Waals surface area contributed by atoms with Gasteiger partial charge in [-0.15, -0.1) is 0 Å². The second-order valence-corrected chi connectivity index (χ2v) is 10.5. The van der Waals surface area contributed by atoms with Crippen molar-refractivity contribution in [2.24, 2.45) is 0 Å². The first kappa shape index (κ1) is 25.3. The number of nitrogens with zero attached hydrogens (tertiary/aromatic N) is 2. The third-order valence-electron chi connectivity index (χ3n) is 5.30. The van der Waals surface area contributed by atoms with Crippen molar-refractivity contribution in [3.8, 4) is 0 Å². The van der Waals surface area contributed by atoms with Crippen LogP contribution >= 0.6 is 11.8 Å². The van der Waals surface area contributed by atoms with Crippen molar-refractivity contribution in [2.45, 2.75) is 61.9 Å². The molecule has 0 aliphatic heterocycles. The molecule has 1 aromatic heterocycles. The van der Waals surface area contributed by atoms with E-state index in [0.717, 1.165) is 48.5 Å². The molecule has 3 rings (SSSR count). The minimum absolute atomic E-state index is 0.237. The lowest BCUT2D eigenvalue weighted by atomic mass is 10.1. The molecule has 0 fully saturated rings. The van der Waals surface area contributed by atoms with Crippen molar-refractivity contribution in [1.29, 1.82) is 0 Å². The molecule has 33 heavy (non-hydrogen) atoms. The first-order valence-corrected chi connectivity index (χ1v) is 13.7. The number of unbranched alkanes of at least 4 members (excludes halogenated alkanes) is 2. The molecule has 0 unspecified atom stereocenters. The van der Waals surface area contributed by atoms with E-state index < -0.39 is 10.0 Å². The van der Waals surface area contributed by atoms with Gasteiger partial charge in [0.05, 0.1) is 28.6 Å². The number of hydrogen-bond donors (Lipinski definition) is 1. The number of nitrogens with one attached hydrogen (secondary N) is 1. The molecule has 0 saturated carbocycles. The summed E-state index contributed by atoms with van der Waals surface area (Å²) in [6, 6.07) is 12.5. The van der Waals surface area contributed by atoms with Gasteiger partial charge in [-0.2, -0.15) is 0 Å². The number of sulfonamides is 1. The quantitative estimate of drug-likeness (QED) is 0.219. The van der Waals surface area contributed by atoms with Gasteiger partial charge in [0.25, 0.3) is 0 Å². The fourth-order valence-electron chi connectivity index (χ4n) is 3.37. The van der Waals surface area contributed by atoms with Gasteiger partial charge >= 0.3 is 5.97 Å². The molecule has 0 spiro atoms. The van der Waals surface area contributed by atoms with Gasteiger partial charge in [-0.3, -0.25) is 0 Å². The highest BCUT2D eigenvalue weighted by atomic mass is 32.2. The standard InChI is InChI=1S/C24H31N3O4S2/c1-4-6-14-25-33(29,30)20-12-13-22-21(16-20)26-24(27(22)15-7-5-2)32-17-18-8-10-19(11-9-18)23(28)31-3/h8-13,16,25H,4-7,14-15,17H2,1-3H3. The fourth-order valence-corrected chi connectivity index (χ4v) is 5.46. The first-order chi connectivity index (χ1) is 15.9. The molecular weight excluding hydrogens is 458 g/mol. The molecule has 9 heteroatoms. The molecule has 1 N–H and O–H groups in total. The summed E-state index contributed by atoms with van der Waals surface area (Å²) >= 11 is 1.60. The van der Waals surface area contributed by atoms with Crippen LogP contribution < -0.4 is 4.72 Å². The predicted octanol–water partition coefficient (Wildman–Crippen LogP) is 4.99. The summed E-state index contributed by atoms with van der Waals surface area (Å²) in [6.45, 7) is 5.41. The van der Waals surface area contributed by atoms with E-state index in [4.69, 9.17) is 9.72 Å². The number of esters is 1. The van der Waals surface area contributed by atoms with Gasteiger partial charge in [-0.1, -0.05) is 50.6 Å². The van der Waals surface area contributed by atoms with E-state index in [-0.39, 0.29) is 10.9 Å². The van der Waals surface area contributed by atoms with E-state index in [2.05, 4.69) is 16.2 Å². The Morgan fingerprint density at radius 1 is 1.09 bits per heavy atom. The van der Waals surface area contributed by atoms with Gasteiger partial charge in [-0.25, -0.2) is 22.9 Å². The van der Waals surface area contributed by atoms with Gasteiger partial charge in [0.15, 0.2) is 5.16 Å². The molecule has 0 saturated heterocycles. The second-order valence-electron chi connectivity index (χ2n) is 7.78. The van der Waals surface area contributed by atoms with Crippen LogP contribution in [0.15, 0.2) is 52.5 Å². The molecule has 3 aromatic rings. The number of fused-ring (bicyclic) bond motifs is 1. The minimum Gasteiger partial charge on any atom is -0.465 e. The zero-order valence-electron chi connectivity index (χ0n) is 19.3. The number of imidazole rings is 1. The third-order valence-corrected chi connectivity index (χ3v) is 7.80. The lowest BCUT2D eigenvalue weighted by molar-refractivity contribution is 0.0600. The summed E-state index contributed by atoms with van der Waals surface area (Å²) in [5.74, 6) is 0.325. The Kier molecular flexibility index (Phi) is 8.94.